The number of aryl methyl sites for hydroxylation is 2. The summed E-state index contributed by atoms with van der Waals surface area (Å²) in [6.45, 7) is 5.83. The van der Waals surface area contributed by atoms with Crippen LogP contribution >= 0.6 is 0 Å². The number of pyridine rings is 1. The van der Waals surface area contributed by atoms with E-state index in [0.29, 0.717) is 17.3 Å². The van der Waals surface area contributed by atoms with E-state index < -0.39 is 0 Å². The molecule has 1 aliphatic heterocycles. The molecule has 0 saturated carbocycles. The molecule has 7 heteroatoms. The number of nitrogens with zero attached hydrogens (tertiary/aromatic N) is 6. The quantitative estimate of drug-likeness (QED) is 0.726. The van der Waals surface area contributed by atoms with E-state index in [9.17, 15) is 4.39 Å². The van der Waals surface area contributed by atoms with E-state index >= 15 is 0 Å². The standard InChI is InChI=1S/C17H21FN6/c1-11-4-9-23-14(10-11)20-15(16(23)18)17-19-12(2)21-24(17)13-5-7-22(3)8-6-13/h4,9-10,13H,5-8H2,1-3H3. The van der Waals surface area contributed by atoms with Gasteiger partial charge in [0.05, 0.1) is 6.04 Å². The Morgan fingerprint density at radius 2 is 1.92 bits per heavy atom. The third-order valence-electron chi connectivity index (χ3n) is 4.71. The van der Waals surface area contributed by atoms with Crippen molar-refractivity contribution in [3.63, 3.8) is 0 Å². The molecule has 0 spiro atoms. The molecule has 0 bridgehead atoms. The number of aromatic nitrogens is 5. The zero-order valence-electron chi connectivity index (χ0n) is 14.2. The van der Waals surface area contributed by atoms with Crippen molar-refractivity contribution < 1.29 is 4.39 Å². The van der Waals surface area contributed by atoms with Gasteiger partial charge in [0.25, 0.3) is 0 Å². The summed E-state index contributed by atoms with van der Waals surface area (Å²) in [7, 11) is 2.12. The van der Waals surface area contributed by atoms with Crippen LogP contribution in [0.25, 0.3) is 17.2 Å². The number of hydrogen-bond donors (Lipinski definition) is 0. The summed E-state index contributed by atoms with van der Waals surface area (Å²) in [6.07, 6.45) is 3.68. The maximum atomic E-state index is 14.9. The summed E-state index contributed by atoms with van der Waals surface area (Å²) in [5.74, 6) is 0.795. The van der Waals surface area contributed by atoms with E-state index in [0.717, 1.165) is 31.5 Å². The number of rotatable bonds is 2. The lowest BCUT2D eigenvalue weighted by atomic mass is 10.1. The van der Waals surface area contributed by atoms with E-state index in [4.69, 9.17) is 0 Å². The molecule has 24 heavy (non-hydrogen) atoms. The first kappa shape index (κ1) is 15.3. The molecule has 4 rings (SSSR count). The van der Waals surface area contributed by atoms with Crippen LogP contribution in [0.3, 0.4) is 0 Å². The van der Waals surface area contributed by atoms with Crippen LogP contribution in [0, 0.1) is 19.8 Å². The summed E-state index contributed by atoms with van der Waals surface area (Å²) in [6, 6.07) is 3.98. The summed E-state index contributed by atoms with van der Waals surface area (Å²) in [5, 5.41) is 4.54. The predicted octanol–water partition coefficient (Wildman–Crippen LogP) is 2.62. The van der Waals surface area contributed by atoms with Crippen molar-refractivity contribution >= 4 is 5.65 Å². The molecule has 1 fully saturated rings. The molecule has 0 aromatic carbocycles. The molecule has 3 aromatic rings. The van der Waals surface area contributed by atoms with Crippen molar-refractivity contribution in [2.45, 2.75) is 32.7 Å². The lowest BCUT2D eigenvalue weighted by molar-refractivity contribution is 0.213. The molecule has 1 aliphatic rings. The van der Waals surface area contributed by atoms with E-state index in [-0.39, 0.29) is 17.7 Å². The van der Waals surface area contributed by atoms with E-state index in [1.54, 1.807) is 6.20 Å². The van der Waals surface area contributed by atoms with Gasteiger partial charge in [-0.05, 0) is 64.5 Å². The van der Waals surface area contributed by atoms with Crippen molar-refractivity contribution in [3.8, 4) is 11.5 Å². The largest absolute Gasteiger partial charge is 0.306 e. The molecular weight excluding hydrogens is 307 g/mol. The van der Waals surface area contributed by atoms with Gasteiger partial charge in [-0.3, -0.25) is 4.40 Å². The molecule has 4 heterocycles. The van der Waals surface area contributed by atoms with Crippen LogP contribution in [0.4, 0.5) is 4.39 Å². The Morgan fingerprint density at radius 3 is 2.67 bits per heavy atom. The Hall–Kier alpha value is -2.28. The third-order valence-corrected chi connectivity index (χ3v) is 4.71. The molecule has 0 N–H and O–H groups in total. The van der Waals surface area contributed by atoms with Gasteiger partial charge in [0.2, 0.25) is 5.95 Å². The highest BCUT2D eigenvalue weighted by Crippen LogP contribution is 2.28. The minimum absolute atomic E-state index is 0.239. The number of halogens is 1. The fraction of sp³-hybridized carbons (Fsp3) is 0.471. The van der Waals surface area contributed by atoms with Crippen LogP contribution < -0.4 is 0 Å². The molecule has 0 aliphatic carbocycles. The van der Waals surface area contributed by atoms with Gasteiger partial charge in [0, 0.05) is 6.20 Å². The second-order valence-corrected chi connectivity index (χ2v) is 6.65. The summed E-state index contributed by atoms with van der Waals surface area (Å²) >= 11 is 0. The highest BCUT2D eigenvalue weighted by Gasteiger charge is 2.26. The Kier molecular flexibility index (Phi) is 3.60. The average molecular weight is 328 g/mol. The predicted molar refractivity (Wildman–Crippen MR) is 89.4 cm³/mol. The number of hydrogen-bond acceptors (Lipinski definition) is 4. The van der Waals surface area contributed by atoms with Crippen molar-refractivity contribution in [3.05, 3.63) is 35.7 Å². The van der Waals surface area contributed by atoms with Crippen LogP contribution in [0.15, 0.2) is 18.3 Å². The third kappa shape index (κ3) is 2.49. The number of likely N-dealkylation sites (tertiary alicyclic amines) is 1. The highest BCUT2D eigenvalue weighted by molar-refractivity contribution is 5.57. The molecule has 0 amide bonds. The average Bonchev–Trinajstić information content (AvgIpc) is 3.08. The van der Waals surface area contributed by atoms with Crippen molar-refractivity contribution in [1.82, 2.24) is 29.0 Å². The summed E-state index contributed by atoms with van der Waals surface area (Å²) in [5.41, 5.74) is 1.92. The number of fused-ring (bicyclic) bond motifs is 1. The van der Waals surface area contributed by atoms with Gasteiger partial charge in [0.15, 0.2) is 11.5 Å². The van der Waals surface area contributed by atoms with Crippen LogP contribution in [-0.4, -0.2) is 49.2 Å². The molecule has 0 radical (unpaired) electrons. The van der Waals surface area contributed by atoms with Crippen LogP contribution in [0.1, 0.15) is 30.3 Å². The lowest BCUT2D eigenvalue weighted by Crippen LogP contribution is -2.32. The van der Waals surface area contributed by atoms with E-state index in [1.807, 2.05) is 30.7 Å². The monoisotopic (exact) mass is 328 g/mol. The normalized spacial score (nSPS) is 17.0. The van der Waals surface area contributed by atoms with Gasteiger partial charge in [-0.2, -0.15) is 9.49 Å². The molecule has 0 unspecified atom stereocenters. The van der Waals surface area contributed by atoms with Crippen molar-refractivity contribution in [2.24, 2.45) is 0 Å². The first-order valence-electron chi connectivity index (χ1n) is 8.29. The SMILES string of the molecule is Cc1ccn2c(F)c(-c3nc(C)nn3C3CCN(C)CC3)nc2c1. The van der Waals surface area contributed by atoms with Gasteiger partial charge in [-0.15, -0.1) is 0 Å². The fourth-order valence-corrected chi connectivity index (χ4v) is 3.34. The first-order valence-corrected chi connectivity index (χ1v) is 8.29. The second-order valence-electron chi connectivity index (χ2n) is 6.65. The van der Waals surface area contributed by atoms with Gasteiger partial charge in [-0.1, -0.05) is 0 Å². The van der Waals surface area contributed by atoms with Gasteiger partial charge in [-0.25, -0.2) is 14.6 Å². The van der Waals surface area contributed by atoms with Crippen molar-refractivity contribution in [2.75, 3.05) is 20.1 Å². The summed E-state index contributed by atoms with van der Waals surface area (Å²) in [4.78, 5) is 11.3. The molecule has 3 aromatic heterocycles. The van der Waals surface area contributed by atoms with Crippen LogP contribution in [-0.2, 0) is 0 Å². The number of piperidine rings is 1. The van der Waals surface area contributed by atoms with Gasteiger partial charge < -0.3 is 4.90 Å². The van der Waals surface area contributed by atoms with Crippen LogP contribution in [0.5, 0.6) is 0 Å². The highest BCUT2D eigenvalue weighted by atomic mass is 19.1. The second kappa shape index (κ2) is 5.66. The van der Waals surface area contributed by atoms with Crippen LogP contribution in [0.2, 0.25) is 0 Å². The lowest BCUT2D eigenvalue weighted by Gasteiger charge is -2.29. The molecule has 126 valence electrons. The smallest absolute Gasteiger partial charge is 0.229 e. The van der Waals surface area contributed by atoms with Gasteiger partial charge in [0.1, 0.15) is 11.5 Å². The molecule has 6 nitrogen and oxygen atoms in total. The first-order chi connectivity index (χ1) is 11.5. The Bertz CT molecular complexity index is 888. The maximum absolute atomic E-state index is 14.9. The molecular formula is C17H21FN6. The molecule has 1 saturated heterocycles. The zero-order valence-corrected chi connectivity index (χ0v) is 14.2. The topological polar surface area (TPSA) is 51.3 Å². The zero-order chi connectivity index (χ0) is 16.8. The van der Waals surface area contributed by atoms with E-state index in [1.165, 1.54) is 4.40 Å². The minimum atomic E-state index is -0.383. The number of imidazole rings is 1. The minimum Gasteiger partial charge on any atom is -0.306 e. The summed E-state index contributed by atoms with van der Waals surface area (Å²) < 4.78 is 18.2. The Labute approximate surface area is 139 Å². The van der Waals surface area contributed by atoms with E-state index in [2.05, 4.69) is 27.0 Å². The Balaban J connectivity index is 1.81. The Morgan fingerprint density at radius 1 is 1.17 bits per heavy atom. The van der Waals surface area contributed by atoms with Gasteiger partial charge >= 0.3 is 0 Å². The molecule has 0 atom stereocenters. The van der Waals surface area contributed by atoms with Crippen molar-refractivity contribution in [1.29, 1.82) is 0 Å². The maximum Gasteiger partial charge on any atom is 0.229 e. The fourth-order valence-electron chi connectivity index (χ4n) is 3.34.